The zero-order valence-electron chi connectivity index (χ0n) is 10.9. The summed E-state index contributed by atoms with van der Waals surface area (Å²) in [6.07, 6.45) is 0. The second-order valence-electron chi connectivity index (χ2n) is 3.88. The van der Waals surface area contributed by atoms with Gasteiger partial charge in [-0.1, -0.05) is 39.0 Å². The molecular weight excluding hydrogens is 360 g/mol. The van der Waals surface area contributed by atoms with Gasteiger partial charge in [-0.15, -0.1) is 10.2 Å². The summed E-state index contributed by atoms with van der Waals surface area (Å²) in [5.74, 6) is -0.0569. The van der Waals surface area contributed by atoms with E-state index in [2.05, 4.69) is 36.8 Å². The highest BCUT2D eigenvalue weighted by Gasteiger charge is 2.17. The number of nitrogens with zero attached hydrogens (tertiary/aromatic N) is 2. The van der Waals surface area contributed by atoms with Crippen LogP contribution < -0.4 is 10.6 Å². The average Bonchev–Trinajstić information content (AvgIpc) is 2.89. The number of rotatable bonds is 5. The van der Waals surface area contributed by atoms with Crippen molar-refractivity contribution >= 4 is 55.8 Å². The van der Waals surface area contributed by atoms with E-state index in [0.29, 0.717) is 0 Å². The van der Waals surface area contributed by atoms with Crippen molar-refractivity contribution < 1.29 is 4.79 Å². The third kappa shape index (κ3) is 4.19. The van der Waals surface area contributed by atoms with E-state index in [4.69, 9.17) is 0 Å². The van der Waals surface area contributed by atoms with Crippen LogP contribution in [-0.4, -0.2) is 28.4 Å². The molecule has 0 aliphatic carbocycles. The van der Waals surface area contributed by atoms with Gasteiger partial charge >= 0.3 is 0 Å². The predicted molar refractivity (Wildman–Crippen MR) is 87.5 cm³/mol. The lowest BCUT2D eigenvalue weighted by atomic mass is 10.3. The Kier molecular flexibility index (Phi) is 5.38. The van der Waals surface area contributed by atoms with Gasteiger partial charge in [0.15, 0.2) is 4.34 Å². The number of carbonyl (C=O) groups excluding carboxylic acids is 1. The topological polar surface area (TPSA) is 66.9 Å². The maximum Gasteiger partial charge on any atom is 0.237 e. The minimum atomic E-state index is -0.240. The molecule has 1 atom stereocenters. The van der Waals surface area contributed by atoms with Crippen molar-refractivity contribution in [1.29, 1.82) is 0 Å². The number of amides is 1. The normalized spacial score (nSPS) is 11.9. The molecule has 0 fully saturated rings. The summed E-state index contributed by atoms with van der Waals surface area (Å²) in [7, 11) is 1.79. The Hall–Kier alpha value is -1.12. The molecule has 0 spiro atoms. The number of hydrogen-bond acceptors (Lipinski definition) is 6. The van der Waals surface area contributed by atoms with Crippen LogP contribution in [-0.2, 0) is 4.79 Å². The van der Waals surface area contributed by atoms with Gasteiger partial charge in [0.2, 0.25) is 11.0 Å². The molecule has 8 heteroatoms. The van der Waals surface area contributed by atoms with Crippen molar-refractivity contribution in [2.45, 2.75) is 16.5 Å². The molecule has 2 aromatic rings. The molecule has 0 aliphatic rings. The molecule has 0 unspecified atom stereocenters. The van der Waals surface area contributed by atoms with E-state index in [0.717, 1.165) is 19.6 Å². The first-order chi connectivity index (χ1) is 9.58. The van der Waals surface area contributed by atoms with E-state index >= 15 is 0 Å². The Morgan fingerprint density at radius 1 is 1.35 bits per heavy atom. The van der Waals surface area contributed by atoms with Gasteiger partial charge in [-0.25, -0.2) is 0 Å². The largest absolute Gasteiger partial charge is 0.363 e. The highest BCUT2D eigenvalue weighted by Crippen LogP contribution is 2.29. The van der Waals surface area contributed by atoms with Crippen molar-refractivity contribution in [2.75, 3.05) is 17.7 Å². The molecule has 106 valence electrons. The van der Waals surface area contributed by atoms with Gasteiger partial charge in [0, 0.05) is 17.2 Å². The number of hydrogen-bond donors (Lipinski definition) is 2. The Balaban J connectivity index is 1.93. The summed E-state index contributed by atoms with van der Waals surface area (Å²) in [6.45, 7) is 1.85. The van der Waals surface area contributed by atoms with Gasteiger partial charge in [-0.3, -0.25) is 4.79 Å². The van der Waals surface area contributed by atoms with Crippen molar-refractivity contribution in [2.24, 2.45) is 0 Å². The number of benzene rings is 1. The monoisotopic (exact) mass is 372 g/mol. The van der Waals surface area contributed by atoms with E-state index in [1.165, 1.54) is 23.1 Å². The molecule has 20 heavy (non-hydrogen) atoms. The molecule has 0 bridgehead atoms. The highest BCUT2D eigenvalue weighted by atomic mass is 79.9. The Labute approximate surface area is 133 Å². The van der Waals surface area contributed by atoms with Crippen molar-refractivity contribution in [3.05, 3.63) is 28.7 Å². The second-order valence-corrected chi connectivity index (χ2v) is 7.36. The maximum atomic E-state index is 12.1. The number of anilines is 2. The molecule has 0 saturated carbocycles. The Morgan fingerprint density at radius 2 is 2.05 bits per heavy atom. The molecule has 0 radical (unpaired) electrons. The third-order valence-corrected chi connectivity index (χ3v) is 5.03. The van der Waals surface area contributed by atoms with Crippen molar-refractivity contribution in [3.8, 4) is 0 Å². The molecule has 5 nitrogen and oxygen atoms in total. The van der Waals surface area contributed by atoms with Gasteiger partial charge in [0.25, 0.3) is 0 Å². The first kappa shape index (κ1) is 15.3. The second kappa shape index (κ2) is 7.05. The number of nitrogens with one attached hydrogen (secondary N) is 2. The minimum absolute atomic E-state index is 0.0569. The fraction of sp³-hybridized carbons (Fsp3) is 0.250. The maximum absolute atomic E-state index is 12.1. The van der Waals surface area contributed by atoms with Gasteiger partial charge < -0.3 is 10.6 Å². The Morgan fingerprint density at radius 3 is 2.65 bits per heavy atom. The van der Waals surface area contributed by atoms with Crippen LogP contribution in [0, 0.1) is 0 Å². The molecule has 2 rings (SSSR count). The van der Waals surface area contributed by atoms with Crippen LogP contribution in [0.4, 0.5) is 10.8 Å². The van der Waals surface area contributed by atoms with Crippen LogP contribution in [0.15, 0.2) is 33.1 Å². The zero-order chi connectivity index (χ0) is 14.5. The van der Waals surface area contributed by atoms with Crippen LogP contribution in [0.5, 0.6) is 0 Å². The lowest BCUT2D eigenvalue weighted by Crippen LogP contribution is -2.22. The number of thioether (sulfide) groups is 1. The number of halogens is 1. The van der Waals surface area contributed by atoms with E-state index in [-0.39, 0.29) is 11.2 Å². The molecule has 2 N–H and O–H groups in total. The fourth-order valence-electron chi connectivity index (χ4n) is 1.34. The molecule has 1 aromatic carbocycles. The minimum Gasteiger partial charge on any atom is -0.363 e. The molecule has 0 aliphatic heterocycles. The van der Waals surface area contributed by atoms with Crippen LogP contribution in [0.1, 0.15) is 6.92 Å². The molecule has 0 saturated heterocycles. The summed E-state index contributed by atoms with van der Waals surface area (Å²) in [6, 6.07) is 7.47. The van der Waals surface area contributed by atoms with Crippen LogP contribution in [0.25, 0.3) is 0 Å². The van der Waals surface area contributed by atoms with Crippen LogP contribution in [0.2, 0.25) is 0 Å². The lowest BCUT2D eigenvalue weighted by molar-refractivity contribution is -0.115. The molecule has 1 heterocycles. The summed E-state index contributed by atoms with van der Waals surface area (Å²) < 4.78 is 1.75. The van der Waals surface area contributed by atoms with E-state index in [9.17, 15) is 4.79 Å². The lowest BCUT2D eigenvalue weighted by Gasteiger charge is -2.10. The predicted octanol–water partition coefficient (Wildman–Crippen LogP) is 3.46. The highest BCUT2D eigenvalue weighted by molar-refractivity contribution is 9.10. The summed E-state index contributed by atoms with van der Waals surface area (Å²) >= 11 is 6.18. The summed E-state index contributed by atoms with van der Waals surface area (Å²) in [5, 5.41) is 14.2. The van der Waals surface area contributed by atoms with Crippen LogP contribution in [0.3, 0.4) is 0 Å². The summed E-state index contributed by atoms with van der Waals surface area (Å²) in [5.41, 5.74) is 0.777. The van der Waals surface area contributed by atoms with E-state index < -0.39 is 0 Å². The molecular formula is C12H13BrN4OS2. The first-order valence-electron chi connectivity index (χ1n) is 5.83. The molecule has 1 amide bonds. The van der Waals surface area contributed by atoms with Gasteiger partial charge in [-0.05, 0) is 31.2 Å². The number of aromatic nitrogens is 2. The van der Waals surface area contributed by atoms with E-state index in [1.54, 1.807) is 7.05 Å². The fourth-order valence-corrected chi connectivity index (χ4v) is 3.45. The first-order valence-corrected chi connectivity index (χ1v) is 8.31. The van der Waals surface area contributed by atoms with Crippen molar-refractivity contribution in [1.82, 2.24) is 10.2 Å². The molecule has 1 aromatic heterocycles. The zero-order valence-corrected chi connectivity index (χ0v) is 14.1. The SMILES string of the molecule is CNc1nnc(S[C@H](C)C(=O)Nc2ccc(Br)cc2)s1. The quantitative estimate of drug-likeness (QED) is 0.786. The van der Waals surface area contributed by atoms with Gasteiger partial charge in [-0.2, -0.15) is 0 Å². The van der Waals surface area contributed by atoms with E-state index in [1.807, 2.05) is 31.2 Å². The smallest absolute Gasteiger partial charge is 0.237 e. The number of carbonyl (C=O) groups is 1. The Bertz CT molecular complexity index is 587. The average molecular weight is 373 g/mol. The standard InChI is InChI=1S/C12H13BrN4OS2/c1-7(19-12-17-16-11(14-2)20-12)10(18)15-9-5-3-8(13)4-6-9/h3-7H,1-2H3,(H,14,16)(H,15,18)/t7-/m1/s1. The van der Waals surface area contributed by atoms with Crippen LogP contribution >= 0.6 is 39.0 Å². The third-order valence-electron chi connectivity index (χ3n) is 2.38. The van der Waals surface area contributed by atoms with Crippen molar-refractivity contribution in [3.63, 3.8) is 0 Å². The summed E-state index contributed by atoms with van der Waals surface area (Å²) in [4.78, 5) is 12.1. The van der Waals surface area contributed by atoms with Gasteiger partial charge in [0.1, 0.15) is 0 Å². The van der Waals surface area contributed by atoms with Gasteiger partial charge in [0.05, 0.1) is 5.25 Å².